The normalized spacial score (nSPS) is 11.9. The Labute approximate surface area is 123 Å². The molecule has 0 saturated carbocycles. The third kappa shape index (κ3) is 4.39. The molecule has 4 heteroatoms. The maximum Gasteiger partial charge on any atom is 0.314 e. The minimum absolute atomic E-state index is 0.262. The Morgan fingerprint density at radius 3 is 2.62 bits per heavy atom. The molecule has 0 aromatic heterocycles. The summed E-state index contributed by atoms with van der Waals surface area (Å²) in [6, 6.07) is 15.9. The van der Waals surface area contributed by atoms with Gasteiger partial charge in [0, 0.05) is 13.1 Å². The zero-order chi connectivity index (χ0) is 15.1. The van der Waals surface area contributed by atoms with E-state index in [1.54, 1.807) is 6.07 Å². The lowest BCUT2D eigenvalue weighted by Gasteiger charge is -2.16. The maximum absolute atomic E-state index is 13.1. The van der Waals surface area contributed by atoms with Gasteiger partial charge in [0.25, 0.3) is 0 Å². The van der Waals surface area contributed by atoms with Crippen LogP contribution in [0.5, 0.6) is 0 Å². The number of hydrogen-bond donors (Lipinski definition) is 1. The minimum Gasteiger partial charge on any atom is -0.469 e. The molecule has 21 heavy (non-hydrogen) atoms. The molecular formula is C17H18FNO2. The van der Waals surface area contributed by atoms with Crippen molar-refractivity contribution < 1.29 is 13.9 Å². The highest BCUT2D eigenvalue weighted by Gasteiger charge is 2.20. The molecule has 1 N–H and O–H groups in total. The van der Waals surface area contributed by atoms with Crippen LogP contribution in [0.3, 0.4) is 0 Å². The summed E-state index contributed by atoms with van der Waals surface area (Å²) in [5.74, 6) is -0.917. The molecule has 2 aromatic rings. The van der Waals surface area contributed by atoms with Crippen LogP contribution in [0.4, 0.5) is 4.39 Å². The van der Waals surface area contributed by atoms with Crippen LogP contribution in [0.15, 0.2) is 54.6 Å². The molecule has 0 heterocycles. The fourth-order valence-corrected chi connectivity index (χ4v) is 2.17. The van der Waals surface area contributed by atoms with Crippen LogP contribution in [0.1, 0.15) is 17.0 Å². The first-order valence-corrected chi connectivity index (χ1v) is 6.78. The van der Waals surface area contributed by atoms with E-state index in [4.69, 9.17) is 4.74 Å². The monoisotopic (exact) mass is 287 g/mol. The zero-order valence-corrected chi connectivity index (χ0v) is 11.9. The summed E-state index contributed by atoms with van der Waals surface area (Å²) in [5, 5.41) is 3.18. The van der Waals surface area contributed by atoms with Crippen LogP contribution in [0, 0.1) is 5.82 Å². The van der Waals surface area contributed by atoms with E-state index in [9.17, 15) is 9.18 Å². The van der Waals surface area contributed by atoms with E-state index in [-0.39, 0.29) is 17.7 Å². The Hall–Kier alpha value is -2.20. The van der Waals surface area contributed by atoms with Crippen LogP contribution in [-0.2, 0) is 16.1 Å². The van der Waals surface area contributed by atoms with Gasteiger partial charge in [-0.15, -0.1) is 0 Å². The smallest absolute Gasteiger partial charge is 0.314 e. The number of hydrogen-bond acceptors (Lipinski definition) is 3. The highest BCUT2D eigenvalue weighted by atomic mass is 19.1. The molecule has 0 aliphatic rings. The highest BCUT2D eigenvalue weighted by molar-refractivity contribution is 5.78. The number of carbonyl (C=O) groups is 1. The van der Waals surface area contributed by atoms with Gasteiger partial charge >= 0.3 is 5.97 Å². The summed E-state index contributed by atoms with van der Waals surface area (Å²) >= 11 is 0. The van der Waals surface area contributed by atoms with Crippen molar-refractivity contribution in [1.82, 2.24) is 5.32 Å². The van der Waals surface area contributed by atoms with Crippen molar-refractivity contribution in [2.75, 3.05) is 13.7 Å². The van der Waals surface area contributed by atoms with Crippen molar-refractivity contribution in [3.8, 4) is 0 Å². The highest BCUT2D eigenvalue weighted by Crippen LogP contribution is 2.16. The van der Waals surface area contributed by atoms with Crippen molar-refractivity contribution in [2.45, 2.75) is 12.5 Å². The van der Waals surface area contributed by atoms with Crippen molar-refractivity contribution >= 4 is 5.97 Å². The molecular weight excluding hydrogens is 269 g/mol. The van der Waals surface area contributed by atoms with Crippen LogP contribution < -0.4 is 5.32 Å². The van der Waals surface area contributed by atoms with Crippen LogP contribution in [-0.4, -0.2) is 19.6 Å². The molecule has 110 valence electrons. The molecule has 0 bridgehead atoms. The Bertz CT molecular complexity index is 586. The predicted molar refractivity (Wildman–Crippen MR) is 79.3 cm³/mol. The molecule has 0 aliphatic heterocycles. The van der Waals surface area contributed by atoms with Gasteiger partial charge in [0.2, 0.25) is 0 Å². The van der Waals surface area contributed by atoms with E-state index < -0.39 is 0 Å². The van der Waals surface area contributed by atoms with Gasteiger partial charge in [-0.3, -0.25) is 4.79 Å². The Kier molecular flexibility index (Phi) is 5.46. The van der Waals surface area contributed by atoms with Gasteiger partial charge in [0.15, 0.2) is 0 Å². The van der Waals surface area contributed by atoms with E-state index in [2.05, 4.69) is 5.32 Å². The van der Waals surface area contributed by atoms with E-state index >= 15 is 0 Å². The summed E-state index contributed by atoms with van der Waals surface area (Å²) in [7, 11) is 1.38. The number of ether oxygens (including phenoxy) is 1. The third-order valence-corrected chi connectivity index (χ3v) is 3.25. The number of methoxy groups -OCH3 is 1. The topological polar surface area (TPSA) is 38.3 Å². The molecule has 1 unspecified atom stereocenters. The summed E-state index contributed by atoms with van der Waals surface area (Å²) in [6.07, 6.45) is 0. The molecule has 2 rings (SSSR count). The first-order valence-electron chi connectivity index (χ1n) is 6.78. The SMILES string of the molecule is COC(=O)C(CNCc1cccc(F)c1)c1ccccc1. The average Bonchev–Trinajstić information content (AvgIpc) is 2.52. The van der Waals surface area contributed by atoms with E-state index in [0.717, 1.165) is 11.1 Å². The summed E-state index contributed by atoms with van der Waals surface area (Å²) in [4.78, 5) is 11.9. The Balaban J connectivity index is 1.98. The molecule has 3 nitrogen and oxygen atoms in total. The van der Waals surface area contributed by atoms with Gasteiger partial charge in [-0.2, -0.15) is 0 Å². The molecule has 2 aromatic carbocycles. The first-order chi connectivity index (χ1) is 10.2. The third-order valence-electron chi connectivity index (χ3n) is 3.25. The second-order valence-electron chi connectivity index (χ2n) is 4.75. The number of nitrogens with one attached hydrogen (secondary N) is 1. The standard InChI is InChI=1S/C17H18FNO2/c1-21-17(20)16(14-7-3-2-4-8-14)12-19-11-13-6-5-9-15(18)10-13/h2-10,16,19H,11-12H2,1H3. The lowest BCUT2D eigenvalue weighted by atomic mass is 9.99. The molecule has 0 fully saturated rings. The molecule has 0 saturated heterocycles. The summed E-state index contributed by atoms with van der Waals surface area (Å²) < 4.78 is 17.9. The summed E-state index contributed by atoms with van der Waals surface area (Å²) in [5.41, 5.74) is 1.74. The van der Waals surface area contributed by atoms with Crippen LogP contribution >= 0.6 is 0 Å². The minimum atomic E-state index is -0.371. The van der Waals surface area contributed by atoms with Gasteiger partial charge in [-0.05, 0) is 23.3 Å². The van der Waals surface area contributed by atoms with Gasteiger partial charge in [-0.25, -0.2) is 4.39 Å². The molecule has 0 spiro atoms. The van der Waals surface area contributed by atoms with Crippen molar-refractivity contribution in [2.24, 2.45) is 0 Å². The van der Waals surface area contributed by atoms with Crippen LogP contribution in [0.25, 0.3) is 0 Å². The van der Waals surface area contributed by atoms with Crippen molar-refractivity contribution in [3.05, 3.63) is 71.5 Å². The van der Waals surface area contributed by atoms with E-state index in [1.165, 1.54) is 19.2 Å². The van der Waals surface area contributed by atoms with Crippen LogP contribution in [0.2, 0.25) is 0 Å². The second kappa shape index (κ2) is 7.55. The molecule has 0 aliphatic carbocycles. The maximum atomic E-state index is 13.1. The number of rotatable bonds is 6. The zero-order valence-electron chi connectivity index (χ0n) is 11.9. The van der Waals surface area contributed by atoms with E-state index in [0.29, 0.717) is 13.1 Å². The Morgan fingerprint density at radius 1 is 1.19 bits per heavy atom. The van der Waals surface area contributed by atoms with Crippen molar-refractivity contribution in [1.29, 1.82) is 0 Å². The van der Waals surface area contributed by atoms with Crippen molar-refractivity contribution in [3.63, 3.8) is 0 Å². The molecule has 0 amide bonds. The number of carbonyl (C=O) groups excluding carboxylic acids is 1. The predicted octanol–water partition coefficient (Wildman–Crippen LogP) is 2.87. The number of esters is 1. The lowest BCUT2D eigenvalue weighted by Crippen LogP contribution is -2.27. The van der Waals surface area contributed by atoms with E-state index in [1.807, 2.05) is 36.4 Å². The van der Waals surface area contributed by atoms with Gasteiger partial charge < -0.3 is 10.1 Å². The van der Waals surface area contributed by atoms with Gasteiger partial charge in [-0.1, -0.05) is 42.5 Å². The summed E-state index contributed by atoms with van der Waals surface area (Å²) in [6.45, 7) is 0.936. The molecule has 0 radical (unpaired) electrons. The lowest BCUT2D eigenvalue weighted by molar-refractivity contribution is -0.142. The fourth-order valence-electron chi connectivity index (χ4n) is 2.17. The second-order valence-corrected chi connectivity index (χ2v) is 4.75. The van der Waals surface area contributed by atoms with Gasteiger partial charge in [0.1, 0.15) is 5.82 Å². The average molecular weight is 287 g/mol. The number of benzene rings is 2. The van der Waals surface area contributed by atoms with Gasteiger partial charge in [0.05, 0.1) is 13.0 Å². The number of halogens is 1. The molecule has 1 atom stereocenters. The first kappa shape index (κ1) is 15.2. The largest absolute Gasteiger partial charge is 0.469 e. The quantitative estimate of drug-likeness (QED) is 0.830. The fraction of sp³-hybridized carbons (Fsp3) is 0.235. The Morgan fingerprint density at radius 2 is 1.95 bits per heavy atom.